The number of nitrogens with one attached hydrogen (secondary N) is 1. The van der Waals surface area contributed by atoms with E-state index in [0.29, 0.717) is 17.4 Å². The SMILES string of the molecule is COc1ccc(C2NC(C(=O)O)CS2)cc1COc1ccc(Cl)cc1. The van der Waals surface area contributed by atoms with E-state index in [-0.39, 0.29) is 5.37 Å². The van der Waals surface area contributed by atoms with Crippen molar-refractivity contribution >= 4 is 29.3 Å². The van der Waals surface area contributed by atoms with Gasteiger partial charge in [-0.05, 0) is 42.0 Å². The van der Waals surface area contributed by atoms with Gasteiger partial charge in [-0.1, -0.05) is 17.7 Å². The summed E-state index contributed by atoms with van der Waals surface area (Å²) in [5.74, 6) is 1.17. The highest BCUT2D eigenvalue weighted by Gasteiger charge is 2.30. The van der Waals surface area contributed by atoms with E-state index in [1.165, 1.54) is 0 Å². The molecule has 0 saturated carbocycles. The Bertz CT molecular complexity index is 753. The van der Waals surface area contributed by atoms with Gasteiger partial charge in [-0.2, -0.15) is 0 Å². The first-order chi connectivity index (χ1) is 12.1. The van der Waals surface area contributed by atoms with Gasteiger partial charge >= 0.3 is 5.97 Å². The molecule has 1 aliphatic heterocycles. The molecule has 132 valence electrons. The third kappa shape index (κ3) is 4.39. The molecule has 1 fully saturated rings. The molecular formula is C18H18ClNO4S. The van der Waals surface area contributed by atoms with Crippen LogP contribution in [0.4, 0.5) is 0 Å². The zero-order chi connectivity index (χ0) is 17.8. The first kappa shape index (κ1) is 17.9. The molecule has 25 heavy (non-hydrogen) atoms. The second-order valence-corrected chi connectivity index (χ2v) is 7.16. The summed E-state index contributed by atoms with van der Waals surface area (Å²) in [6, 6.07) is 12.5. The molecule has 3 rings (SSSR count). The van der Waals surface area contributed by atoms with E-state index in [1.54, 1.807) is 31.0 Å². The summed E-state index contributed by atoms with van der Waals surface area (Å²) in [4.78, 5) is 11.1. The molecule has 2 aromatic rings. The molecule has 0 radical (unpaired) electrons. The number of thioether (sulfide) groups is 1. The summed E-state index contributed by atoms with van der Waals surface area (Å²) in [6.45, 7) is 0.346. The molecule has 0 bridgehead atoms. The van der Waals surface area contributed by atoms with Gasteiger partial charge in [-0.15, -0.1) is 11.8 Å². The first-order valence-electron chi connectivity index (χ1n) is 7.72. The molecule has 0 aromatic heterocycles. The lowest BCUT2D eigenvalue weighted by molar-refractivity contribution is -0.138. The number of hydrogen-bond donors (Lipinski definition) is 2. The quantitative estimate of drug-likeness (QED) is 0.797. The minimum atomic E-state index is -0.824. The lowest BCUT2D eigenvalue weighted by Crippen LogP contribution is -2.33. The summed E-state index contributed by atoms with van der Waals surface area (Å²) in [7, 11) is 1.61. The molecule has 2 unspecified atom stereocenters. The van der Waals surface area contributed by atoms with Crippen LogP contribution in [0, 0.1) is 0 Å². The van der Waals surface area contributed by atoms with Gasteiger partial charge in [-0.3, -0.25) is 10.1 Å². The van der Waals surface area contributed by atoms with E-state index in [1.807, 2.05) is 30.3 Å². The van der Waals surface area contributed by atoms with Crippen molar-refractivity contribution in [2.24, 2.45) is 0 Å². The smallest absolute Gasteiger partial charge is 0.321 e. The van der Waals surface area contributed by atoms with Gasteiger partial charge in [0.2, 0.25) is 0 Å². The van der Waals surface area contributed by atoms with Gasteiger partial charge < -0.3 is 14.6 Å². The number of aliphatic carboxylic acids is 1. The molecule has 1 aliphatic rings. The second kappa shape index (κ2) is 7.99. The number of benzene rings is 2. The van der Waals surface area contributed by atoms with Crippen molar-refractivity contribution in [3.05, 3.63) is 58.6 Å². The fourth-order valence-corrected chi connectivity index (χ4v) is 3.92. The van der Waals surface area contributed by atoms with Crippen molar-refractivity contribution in [3.8, 4) is 11.5 Å². The number of methoxy groups -OCH3 is 1. The Morgan fingerprint density at radius 3 is 2.72 bits per heavy atom. The topological polar surface area (TPSA) is 67.8 Å². The van der Waals surface area contributed by atoms with Crippen LogP contribution < -0.4 is 14.8 Å². The maximum absolute atomic E-state index is 11.1. The Kier molecular flexibility index (Phi) is 5.73. The number of halogens is 1. The standard InChI is InChI=1S/C18H18ClNO4S/c1-23-16-7-2-11(17-20-15(10-25-17)18(21)22)8-12(16)9-24-14-5-3-13(19)4-6-14/h2-8,15,17,20H,9-10H2,1H3,(H,21,22). The number of hydrogen-bond acceptors (Lipinski definition) is 5. The van der Waals surface area contributed by atoms with Crippen LogP contribution in [0.3, 0.4) is 0 Å². The highest BCUT2D eigenvalue weighted by Crippen LogP contribution is 2.35. The Morgan fingerprint density at radius 2 is 2.08 bits per heavy atom. The fraction of sp³-hybridized carbons (Fsp3) is 0.278. The highest BCUT2D eigenvalue weighted by molar-refractivity contribution is 7.99. The van der Waals surface area contributed by atoms with Crippen molar-refractivity contribution in [1.29, 1.82) is 0 Å². The third-order valence-corrected chi connectivity index (χ3v) is 5.41. The zero-order valence-corrected chi connectivity index (χ0v) is 15.1. The van der Waals surface area contributed by atoms with E-state index in [2.05, 4.69) is 5.32 Å². The average Bonchev–Trinajstić information content (AvgIpc) is 3.11. The van der Waals surface area contributed by atoms with Gasteiger partial charge in [0.15, 0.2) is 0 Å². The zero-order valence-electron chi connectivity index (χ0n) is 13.6. The molecule has 1 heterocycles. The molecule has 0 spiro atoms. The normalized spacial score (nSPS) is 19.6. The maximum Gasteiger partial charge on any atom is 0.321 e. The number of rotatable bonds is 6. The Balaban J connectivity index is 1.74. The first-order valence-corrected chi connectivity index (χ1v) is 9.15. The van der Waals surface area contributed by atoms with E-state index in [0.717, 1.165) is 22.6 Å². The summed E-state index contributed by atoms with van der Waals surface area (Å²) < 4.78 is 11.2. The Hall–Kier alpha value is -1.89. The van der Waals surface area contributed by atoms with Crippen molar-refractivity contribution in [3.63, 3.8) is 0 Å². The van der Waals surface area contributed by atoms with Crippen LogP contribution in [0.25, 0.3) is 0 Å². The van der Waals surface area contributed by atoms with E-state index in [4.69, 9.17) is 26.2 Å². The fourth-order valence-electron chi connectivity index (χ4n) is 2.57. The van der Waals surface area contributed by atoms with Crippen LogP contribution in [0.1, 0.15) is 16.5 Å². The molecule has 2 N–H and O–H groups in total. The predicted octanol–water partition coefficient (Wildman–Crippen LogP) is 3.72. The van der Waals surface area contributed by atoms with Gasteiger partial charge in [-0.25, -0.2) is 0 Å². The van der Waals surface area contributed by atoms with Crippen molar-refractivity contribution in [2.75, 3.05) is 12.9 Å². The molecule has 1 saturated heterocycles. The minimum Gasteiger partial charge on any atom is -0.496 e. The van der Waals surface area contributed by atoms with Crippen LogP contribution >= 0.6 is 23.4 Å². The maximum atomic E-state index is 11.1. The lowest BCUT2D eigenvalue weighted by atomic mass is 10.1. The van der Waals surface area contributed by atoms with Gasteiger partial charge in [0.05, 0.1) is 12.5 Å². The van der Waals surface area contributed by atoms with Gasteiger partial charge in [0.1, 0.15) is 24.1 Å². The summed E-state index contributed by atoms with van der Waals surface area (Å²) in [5, 5.41) is 12.8. The van der Waals surface area contributed by atoms with Crippen LogP contribution in [-0.2, 0) is 11.4 Å². The molecule has 0 amide bonds. The molecular weight excluding hydrogens is 362 g/mol. The molecule has 2 aromatic carbocycles. The van der Waals surface area contributed by atoms with Crippen LogP contribution in [0.15, 0.2) is 42.5 Å². The van der Waals surface area contributed by atoms with Crippen molar-refractivity contribution < 1.29 is 19.4 Å². The number of ether oxygens (including phenoxy) is 2. The molecule has 5 nitrogen and oxygen atoms in total. The van der Waals surface area contributed by atoms with Crippen LogP contribution in [0.5, 0.6) is 11.5 Å². The predicted molar refractivity (Wildman–Crippen MR) is 98.5 cm³/mol. The number of carboxylic acid groups (broad SMARTS) is 1. The van der Waals surface area contributed by atoms with Crippen LogP contribution in [0.2, 0.25) is 5.02 Å². The molecule has 0 aliphatic carbocycles. The largest absolute Gasteiger partial charge is 0.496 e. The van der Waals surface area contributed by atoms with Crippen molar-refractivity contribution in [2.45, 2.75) is 18.0 Å². The number of carbonyl (C=O) groups is 1. The monoisotopic (exact) mass is 379 g/mol. The van der Waals surface area contributed by atoms with Crippen LogP contribution in [-0.4, -0.2) is 30.0 Å². The van der Waals surface area contributed by atoms with E-state index < -0.39 is 12.0 Å². The average molecular weight is 380 g/mol. The molecule has 2 atom stereocenters. The minimum absolute atomic E-state index is 0.0544. The van der Waals surface area contributed by atoms with Gasteiger partial charge in [0, 0.05) is 16.3 Å². The number of carboxylic acids is 1. The Labute approximate surface area is 155 Å². The molecule has 7 heteroatoms. The third-order valence-electron chi connectivity index (χ3n) is 3.90. The van der Waals surface area contributed by atoms with Gasteiger partial charge in [0.25, 0.3) is 0 Å². The van der Waals surface area contributed by atoms with Crippen molar-refractivity contribution in [1.82, 2.24) is 5.32 Å². The van der Waals surface area contributed by atoms with E-state index >= 15 is 0 Å². The Morgan fingerprint density at radius 1 is 1.32 bits per heavy atom. The lowest BCUT2D eigenvalue weighted by Gasteiger charge is -2.16. The summed E-state index contributed by atoms with van der Waals surface area (Å²) in [6.07, 6.45) is 0. The summed E-state index contributed by atoms with van der Waals surface area (Å²) in [5.41, 5.74) is 1.90. The summed E-state index contributed by atoms with van der Waals surface area (Å²) >= 11 is 7.46. The highest BCUT2D eigenvalue weighted by atomic mass is 35.5. The second-order valence-electron chi connectivity index (χ2n) is 5.58. The van der Waals surface area contributed by atoms with E-state index in [9.17, 15) is 4.79 Å².